The molecule has 2 rings (SSSR count). The van der Waals surface area contributed by atoms with Gasteiger partial charge in [0.05, 0.1) is 0 Å². The Labute approximate surface area is 120 Å². The van der Waals surface area contributed by atoms with Crippen LogP contribution in [0.4, 0.5) is 4.39 Å². The molecule has 19 heavy (non-hydrogen) atoms. The van der Waals surface area contributed by atoms with Gasteiger partial charge in [-0.1, -0.05) is 22.0 Å². The molecule has 0 fully saturated rings. The van der Waals surface area contributed by atoms with Crippen LogP contribution in [0.3, 0.4) is 0 Å². The molecule has 0 amide bonds. The molecule has 0 heterocycles. The Hall–Kier alpha value is -1.39. The summed E-state index contributed by atoms with van der Waals surface area (Å²) in [5.41, 5.74) is 8.03. The van der Waals surface area contributed by atoms with E-state index in [0.717, 1.165) is 21.3 Å². The van der Waals surface area contributed by atoms with E-state index in [4.69, 9.17) is 10.5 Å². The summed E-state index contributed by atoms with van der Waals surface area (Å²) in [5, 5.41) is 0. The number of halogens is 2. The number of rotatable bonds is 4. The molecule has 2 N–H and O–H groups in total. The molecule has 2 nitrogen and oxygen atoms in total. The van der Waals surface area contributed by atoms with Crippen LogP contribution in [0.5, 0.6) is 5.75 Å². The second-order valence-electron chi connectivity index (χ2n) is 4.33. The molecular weight excluding hydrogens is 309 g/mol. The van der Waals surface area contributed by atoms with Crippen LogP contribution >= 0.6 is 15.9 Å². The minimum Gasteiger partial charge on any atom is -0.489 e. The fraction of sp³-hybridized carbons (Fsp3) is 0.200. The monoisotopic (exact) mass is 323 g/mol. The molecule has 0 aliphatic rings. The predicted molar refractivity (Wildman–Crippen MR) is 77.5 cm³/mol. The van der Waals surface area contributed by atoms with Gasteiger partial charge in [-0.05, 0) is 48.4 Å². The van der Waals surface area contributed by atoms with E-state index >= 15 is 0 Å². The Balaban J connectivity index is 2.11. The van der Waals surface area contributed by atoms with Crippen LogP contribution in [0.25, 0.3) is 0 Å². The molecule has 4 heteroatoms. The van der Waals surface area contributed by atoms with Gasteiger partial charge in [0.25, 0.3) is 0 Å². The van der Waals surface area contributed by atoms with Crippen molar-refractivity contribution in [3.05, 3.63) is 63.4 Å². The molecule has 0 aliphatic carbocycles. The third-order valence-electron chi connectivity index (χ3n) is 2.87. The average Bonchev–Trinajstić information content (AvgIpc) is 2.41. The van der Waals surface area contributed by atoms with Gasteiger partial charge in [0.2, 0.25) is 0 Å². The summed E-state index contributed by atoms with van der Waals surface area (Å²) in [6, 6.07) is 10.5. The Morgan fingerprint density at radius 3 is 2.68 bits per heavy atom. The summed E-state index contributed by atoms with van der Waals surface area (Å²) < 4.78 is 20.3. The molecule has 2 aromatic rings. The maximum atomic E-state index is 13.6. The largest absolute Gasteiger partial charge is 0.489 e. The van der Waals surface area contributed by atoms with Crippen LogP contribution in [-0.4, -0.2) is 0 Å². The highest BCUT2D eigenvalue weighted by molar-refractivity contribution is 9.10. The average molecular weight is 324 g/mol. The number of benzene rings is 2. The van der Waals surface area contributed by atoms with Crippen LogP contribution in [0.2, 0.25) is 0 Å². The van der Waals surface area contributed by atoms with Gasteiger partial charge in [0, 0.05) is 16.6 Å². The zero-order valence-corrected chi connectivity index (χ0v) is 12.2. The molecular formula is C15H15BrFNO. The molecule has 0 saturated heterocycles. The molecule has 0 unspecified atom stereocenters. The third kappa shape index (κ3) is 3.55. The fourth-order valence-corrected chi connectivity index (χ4v) is 1.98. The van der Waals surface area contributed by atoms with Gasteiger partial charge in [0.1, 0.15) is 18.2 Å². The minimum atomic E-state index is -0.272. The molecule has 0 atom stereocenters. The standard InChI is InChI=1S/C15H15BrFNO/c1-10-6-13(3-4-14(10)16)19-9-12-7-11(8-18)2-5-15(12)17/h2-7H,8-9,18H2,1H3. The van der Waals surface area contributed by atoms with Gasteiger partial charge in [0.15, 0.2) is 0 Å². The summed E-state index contributed by atoms with van der Waals surface area (Å²) >= 11 is 3.43. The lowest BCUT2D eigenvalue weighted by Gasteiger charge is -2.09. The van der Waals surface area contributed by atoms with Gasteiger partial charge in [-0.15, -0.1) is 0 Å². The topological polar surface area (TPSA) is 35.2 Å². The summed E-state index contributed by atoms with van der Waals surface area (Å²) in [6.07, 6.45) is 0. The number of aryl methyl sites for hydroxylation is 1. The van der Waals surface area contributed by atoms with Crippen LogP contribution in [-0.2, 0) is 13.2 Å². The highest BCUT2D eigenvalue weighted by atomic mass is 79.9. The number of ether oxygens (including phenoxy) is 1. The van der Waals surface area contributed by atoms with E-state index in [1.165, 1.54) is 6.07 Å². The van der Waals surface area contributed by atoms with Crippen LogP contribution < -0.4 is 10.5 Å². The Bertz CT molecular complexity index is 586. The van der Waals surface area contributed by atoms with Crippen molar-refractivity contribution in [1.82, 2.24) is 0 Å². The quantitative estimate of drug-likeness (QED) is 0.925. The van der Waals surface area contributed by atoms with Crippen LogP contribution in [0.15, 0.2) is 40.9 Å². The number of hydrogen-bond acceptors (Lipinski definition) is 2. The van der Waals surface area contributed by atoms with E-state index in [9.17, 15) is 4.39 Å². The normalized spacial score (nSPS) is 10.5. The van der Waals surface area contributed by atoms with E-state index in [1.54, 1.807) is 12.1 Å². The molecule has 0 spiro atoms. The van der Waals surface area contributed by atoms with Gasteiger partial charge in [-0.2, -0.15) is 0 Å². The van der Waals surface area contributed by atoms with Crippen molar-refractivity contribution >= 4 is 15.9 Å². The lowest BCUT2D eigenvalue weighted by molar-refractivity contribution is 0.299. The van der Waals surface area contributed by atoms with E-state index in [1.807, 2.05) is 25.1 Å². The molecule has 0 saturated carbocycles. The van der Waals surface area contributed by atoms with Crippen molar-refractivity contribution in [2.45, 2.75) is 20.1 Å². The first-order chi connectivity index (χ1) is 9.10. The first-order valence-corrected chi connectivity index (χ1v) is 6.76. The highest BCUT2D eigenvalue weighted by Crippen LogP contribution is 2.22. The van der Waals surface area contributed by atoms with Gasteiger partial charge >= 0.3 is 0 Å². The minimum absolute atomic E-state index is 0.195. The van der Waals surface area contributed by atoms with Crippen molar-refractivity contribution < 1.29 is 9.13 Å². The van der Waals surface area contributed by atoms with Gasteiger partial charge < -0.3 is 10.5 Å². The number of hydrogen-bond donors (Lipinski definition) is 1. The second kappa shape index (κ2) is 6.17. The first-order valence-electron chi connectivity index (χ1n) is 5.96. The van der Waals surface area contributed by atoms with E-state index < -0.39 is 0 Å². The van der Waals surface area contributed by atoms with Crippen molar-refractivity contribution in [1.29, 1.82) is 0 Å². The summed E-state index contributed by atoms with van der Waals surface area (Å²) in [5.74, 6) is 0.448. The van der Waals surface area contributed by atoms with E-state index in [2.05, 4.69) is 15.9 Å². The molecule has 0 radical (unpaired) electrons. The van der Waals surface area contributed by atoms with Crippen molar-refractivity contribution in [2.24, 2.45) is 5.73 Å². The summed E-state index contributed by atoms with van der Waals surface area (Å²) in [6.45, 7) is 2.57. The lowest BCUT2D eigenvalue weighted by Crippen LogP contribution is -2.02. The van der Waals surface area contributed by atoms with Crippen molar-refractivity contribution in [3.8, 4) is 5.75 Å². The van der Waals surface area contributed by atoms with Gasteiger partial charge in [-0.3, -0.25) is 0 Å². The zero-order chi connectivity index (χ0) is 13.8. The summed E-state index contributed by atoms with van der Waals surface area (Å²) in [4.78, 5) is 0. The van der Waals surface area contributed by atoms with Crippen LogP contribution in [0.1, 0.15) is 16.7 Å². The Morgan fingerprint density at radius 2 is 2.00 bits per heavy atom. The second-order valence-corrected chi connectivity index (χ2v) is 5.18. The molecule has 0 bridgehead atoms. The molecule has 100 valence electrons. The van der Waals surface area contributed by atoms with E-state index in [-0.39, 0.29) is 12.4 Å². The van der Waals surface area contributed by atoms with Crippen LogP contribution in [0, 0.1) is 12.7 Å². The third-order valence-corrected chi connectivity index (χ3v) is 3.76. The Kier molecular flexibility index (Phi) is 4.56. The number of nitrogens with two attached hydrogens (primary N) is 1. The van der Waals surface area contributed by atoms with Crippen molar-refractivity contribution in [2.75, 3.05) is 0 Å². The van der Waals surface area contributed by atoms with Gasteiger partial charge in [-0.25, -0.2) is 4.39 Å². The zero-order valence-electron chi connectivity index (χ0n) is 10.6. The SMILES string of the molecule is Cc1cc(OCc2cc(CN)ccc2F)ccc1Br. The lowest BCUT2D eigenvalue weighted by atomic mass is 10.1. The molecule has 0 aliphatic heterocycles. The first kappa shape index (κ1) is 14.0. The predicted octanol–water partition coefficient (Wildman–Crippen LogP) is 3.93. The van der Waals surface area contributed by atoms with E-state index in [0.29, 0.717) is 12.1 Å². The smallest absolute Gasteiger partial charge is 0.129 e. The Morgan fingerprint density at radius 1 is 1.21 bits per heavy atom. The molecule has 2 aromatic carbocycles. The maximum Gasteiger partial charge on any atom is 0.129 e. The fourth-order valence-electron chi connectivity index (χ4n) is 1.73. The highest BCUT2D eigenvalue weighted by Gasteiger charge is 2.05. The maximum absolute atomic E-state index is 13.6. The molecule has 0 aromatic heterocycles. The van der Waals surface area contributed by atoms with Crippen molar-refractivity contribution in [3.63, 3.8) is 0 Å². The summed E-state index contributed by atoms with van der Waals surface area (Å²) in [7, 11) is 0.